The Morgan fingerprint density at radius 1 is 1.18 bits per heavy atom. The van der Waals surface area contributed by atoms with E-state index < -0.39 is 0 Å². The monoisotopic (exact) mass is 525 g/mol. The van der Waals surface area contributed by atoms with Crippen LogP contribution in [-0.4, -0.2) is 47.4 Å². The van der Waals surface area contributed by atoms with Crippen LogP contribution in [-0.2, 0) is 9.53 Å². The summed E-state index contributed by atoms with van der Waals surface area (Å²) in [7, 11) is 0. The predicted octanol–water partition coefficient (Wildman–Crippen LogP) is 4.21. The van der Waals surface area contributed by atoms with Gasteiger partial charge in [0, 0.05) is 42.9 Å². The fraction of sp³-hybridized carbons (Fsp3) is 0.500. The molecule has 1 aromatic rings. The summed E-state index contributed by atoms with van der Waals surface area (Å²) in [4.78, 5) is 20.9. The predicted molar refractivity (Wildman–Crippen MR) is 151 cm³/mol. The summed E-state index contributed by atoms with van der Waals surface area (Å²) >= 11 is 0. The van der Waals surface area contributed by atoms with Crippen LogP contribution < -0.4 is 16.1 Å². The van der Waals surface area contributed by atoms with Crippen LogP contribution in [0.1, 0.15) is 70.6 Å². The van der Waals surface area contributed by atoms with Gasteiger partial charge in [-0.2, -0.15) is 5.26 Å². The maximum atomic E-state index is 11.4. The number of aromatic nitrogens is 1. The van der Waals surface area contributed by atoms with E-state index in [1.54, 1.807) is 13.1 Å². The Labute approximate surface area is 229 Å². The molecule has 9 nitrogen and oxygen atoms in total. The van der Waals surface area contributed by atoms with E-state index in [0.717, 1.165) is 66.6 Å². The van der Waals surface area contributed by atoms with Gasteiger partial charge in [-0.15, -0.1) is 5.10 Å². The molecule has 202 valence electrons. The van der Waals surface area contributed by atoms with Gasteiger partial charge in [-0.3, -0.25) is 20.2 Å². The number of dihydropyridines is 1. The zero-order chi connectivity index (χ0) is 27.1. The molecule has 2 atom stereocenters. The largest absolute Gasteiger partial charge is 0.450 e. The molecule has 0 spiro atoms. The highest BCUT2D eigenvalue weighted by Gasteiger charge is 2.38. The van der Waals surface area contributed by atoms with E-state index in [4.69, 9.17) is 9.72 Å². The maximum Gasteiger partial charge on any atom is 0.243 e. The number of rotatable bonds is 6. The summed E-state index contributed by atoms with van der Waals surface area (Å²) < 4.78 is 6.38. The smallest absolute Gasteiger partial charge is 0.243 e. The molecule has 0 radical (unpaired) electrons. The number of hydrazone groups is 1. The number of allylic oxidation sites excluding steroid dienone is 3. The van der Waals surface area contributed by atoms with Crippen LogP contribution in [0.2, 0.25) is 0 Å². The van der Waals surface area contributed by atoms with Gasteiger partial charge in [0.05, 0.1) is 22.5 Å². The van der Waals surface area contributed by atoms with E-state index in [-0.39, 0.29) is 24.2 Å². The van der Waals surface area contributed by atoms with Gasteiger partial charge in [-0.25, -0.2) is 0 Å². The molecule has 2 saturated carbocycles. The fourth-order valence-corrected chi connectivity index (χ4v) is 6.47. The van der Waals surface area contributed by atoms with Gasteiger partial charge in [-0.1, -0.05) is 26.0 Å². The SMILES string of the molecule is CC(=O)NC1CCC([C@@H]2NN=C(c3cnc(C4=CC=C5C=C(C#N)C=NC54)cc3NC3CC(C)(C)C3)O2)CC1. The normalized spacial score (nSPS) is 28.9. The molecule has 2 aliphatic heterocycles. The summed E-state index contributed by atoms with van der Waals surface area (Å²) in [6.07, 6.45) is 15.3. The minimum Gasteiger partial charge on any atom is -0.450 e. The number of pyridine rings is 1. The van der Waals surface area contributed by atoms with Crippen LogP contribution in [0.15, 0.2) is 51.7 Å². The van der Waals surface area contributed by atoms with Crippen molar-refractivity contribution in [1.82, 2.24) is 15.7 Å². The summed E-state index contributed by atoms with van der Waals surface area (Å²) in [6.45, 7) is 6.17. The summed E-state index contributed by atoms with van der Waals surface area (Å²) in [5.41, 5.74) is 8.79. The molecule has 0 bridgehead atoms. The molecule has 6 rings (SSSR count). The highest BCUT2D eigenvalue weighted by Crippen LogP contribution is 2.42. The van der Waals surface area contributed by atoms with Crippen molar-refractivity contribution >= 4 is 29.3 Å². The van der Waals surface area contributed by atoms with E-state index >= 15 is 0 Å². The molecule has 3 heterocycles. The minimum atomic E-state index is -0.185. The molecule has 0 aromatic carbocycles. The Balaban J connectivity index is 1.19. The average Bonchev–Trinajstić information content (AvgIpc) is 3.55. The van der Waals surface area contributed by atoms with Crippen molar-refractivity contribution in [3.63, 3.8) is 0 Å². The van der Waals surface area contributed by atoms with E-state index in [1.807, 2.05) is 24.4 Å². The molecule has 1 amide bonds. The van der Waals surface area contributed by atoms with E-state index in [9.17, 15) is 10.1 Å². The lowest BCUT2D eigenvalue weighted by atomic mass is 9.68. The number of carbonyl (C=O) groups excluding carboxylic acids is 1. The highest BCUT2D eigenvalue weighted by atomic mass is 16.5. The number of anilines is 1. The van der Waals surface area contributed by atoms with Crippen LogP contribution in [0.3, 0.4) is 0 Å². The van der Waals surface area contributed by atoms with Crippen molar-refractivity contribution in [1.29, 1.82) is 5.26 Å². The number of carbonyl (C=O) groups is 1. The lowest BCUT2D eigenvalue weighted by Gasteiger charge is -2.43. The van der Waals surface area contributed by atoms with E-state index in [1.165, 1.54) is 0 Å². The average molecular weight is 526 g/mol. The first kappa shape index (κ1) is 25.4. The number of fused-ring (bicyclic) bond motifs is 1. The molecule has 39 heavy (non-hydrogen) atoms. The number of aliphatic imine (C=N–C) groups is 1. The van der Waals surface area contributed by atoms with Crippen molar-refractivity contribution in [2.45, 2.75) is 83.6 Å². The molecule has 3 N–H and O–H groups in total. The Hall–Kier alpha value is -3.93. The number of hydrogen-bond acceptors (Lipinski definition) is 8. The first-order chi connectivity index (χ1) is 18.8. The second-order valence-electron chi connectivity index (χ2n) is 12.1. The Bertz CT molecular complexity index is 1360. The Kier molecular flexibility index (Phi) is 6.49. The van der Waals surface area contributed by atoms with Crippen LogP contribution in [0.25, 0.3) is 5.57 Å². The molecular weight excluding hydrogens is 490 g/mol. The van der Waals surface area contributed by atoms with Crippen molar-refractivity contribution in [2.24, 2.45) is 21.4 Å². The Morgan fingerprint density at radius 2 is 1.97 bits per heavy atom. The molecule has 5 aliphatic rings. The second kappa shape index (κ2) is 9.99. The summed E-state index contributed by atoms with van der Waals surface area (Å²) in [5, 5.41) is 20.6. The van der Waals surface area contributed by atoms with Gasteiger partial charge in [0.15, 0.2) is 6.23 Å². The first-order valence-electron chi connectivity index (χ1n) is 13.9. The standard InChI is InChI=1S/C30H35N7O2/c1-17(38)34-21-7-4-19(5-8-21)28-36-37-29(39-28)24-16-32-25(11-26(24)35-22-12-30(2,3)13-22)23-9-6-20-10-18(14-31)15-33-27(20)23/h6,9-11,15-16,19,21-22,27-28,36H,4-5,7-8,12-13H2,1-3H3,(H,32,35)(H,34,38)/t19?,21?,27?,28-/m1/s1. The molecule has 1 unspecified atom stereocenters. The van der Waals surface area contributed by atoms with Gasteiger partial charge in [0.1, 0.15) is 12.1 Å². The third kappa shape index (κ3) is 5.20. The molecular formula is C30H35N7O2. The number of hydrogen-bond donors (Lipinski definition) is 3. The quantitative estimate of drug-likeness (QED) is 0.511. The van der Waals surface area contributed by atoms with Crippen LogP contribution in [0.4, 0.5) is 5.69 Å². The van der Waals surface area contributed by atoms with Crippen LogP contribution in [0.5, 0.6) is 0 Å². The molecule has 3 aliphatic carbocycles. The topological polar surface area (TPSA) is 124 Å². The van der Waals surface area contributed by atoms with Gasteiger partial charge in [0.25, 0.3) is 0 Å². The zero-order valence-electron chi connectivity index (χ0n) is 22.7. The Morgan fingerprint density at radius 3 is 2.69 bits per heavy atom. The van der Waals surface area contributed by atoms with E-state index in [2.05, 4.69) is 52.1 Å². The molecule has 0 saturated heterocycles. The molecule has 2 fully saturated rings. The lowest BCUT2D eigenvalue weighted by molar-refractivity contribution is -0.120. The third-order valence-electron chi connectivity index (χ3n) is 8.41. The summed E-state index contributed by atoms with van der Waals surface area (Å²) in [6, 6.07) is 4.73. The second-order valence-corrected chi connectivity index (χ2v) is 12.1. The van der Waals surface area contributed by atoms with Gasteiger partial charge in [0.2, 0.25) is 11.8 Å². The number of nitrogens with one attached hydrogen (secondary N) is 3. The van der Waals surface area contributed by atoms with Crippen molar-refractivity contribution in [3.8, 4) is 6.07 Å². The van der Waals surface area contributed by atoms with Crippen molar-refractivity contribution in [3.05, 3.63) is 52.9 Å². The van der Waals surface area contributed by atoms with E-state index in [0.29, 0.717) is 28.8 Å². The highest BCUT2D eigenvalue weighted by molar-refractivity contribution is 6.00. The number of nitriles is 1. The zero-order valence-corrected chi connectivity index (χ0v) is 22.7. The number of amides is 1. The van der Waals surface area contributed by atoms with Crippen LogP contribution in [0, 0.1) is 22.7 Å². The maximum absolute atomic E-state index is 11.4. The minimum absolute atomic E-state index is 0.0317. The van der Waals surface area contributed by atoms with Crippen LogP contribution >= 0.6 is 0 Å². The van der Waals surface area contributed by atoms with Gasteiger partial charge >= 0.3 is 0 Å². The first-order valence-corrected chi connectivity index (χ1v) is 13.9. The molecule has 1 aromatic heterocycles. The van der Waals surface area contributed by atoms with Gasteiger partial charge < -0.3 is 15.4 Å². The number of nitrogens with zero attached hydrogens (tertiary/aromatic N) is 4. The fourth-order valence-electron chi connectivity index (χ4n) is 6.47. The summed E-state index contributed by atoms with van der Waals surface area (Å²) in [5.74, 6) is 0.917. The van der Waals surface area contributed by atoms with Gasteiger partial charge in [-0.05, 0) is 61.7 Å². The van der Waals surface area contributed by atoms with Crippen molar-refractivity contribution < 1.29 is 9.53 Å². The number of ether oxygens (including phenoxy) is 1. The third-order valence-corrected chi connectivity index (χ3v) is 8.41. The lowest BCUT2D eigenvalue weighted by Crippen LogP contribution is -2.41. The molecule has 9 heteroatoms. The van der Waals surface area contributed by atoms with Crippen molar-refractivity contribution in [2.75, 3.05) is 5.32 Å².